The molecule has 11 nitrogen and oxygen atoms in total. The van der Waals surface area contributed by atoms with Gasteiger partial charge in [-0.15, -0.1) is 0 Å². The zero-order chi connectivity index (χ0) is 66.5. The van der Waals surface area contributed by atoms with Gasteiger partial charge in [-0.2, -0.15) is 0 Å². The number of allylic oxidation sites excluding steroid dienone is 5. The number of carbonyl (C=O) groups excluding carboxylic acids is 2. The van der Waals surface area contributed by atoms with Crippen molar-refractivity contribution in [2.24, 2.45) is 0 Å². The lowest BCUT2D eigenvalue weighted by Gasteiger charge is -2.40. The highest BCUT2D eigenvalue weighted by Gasteiger charge is 2.44. The third kappa shape index (κ3) is 58.1. The zero-order valence-corrected chi connectivity index (χ0v) is 60.5. The van der Waals surface area contributed by atoms with Gasteiger partial charge < -0.3 is 45.1 Å². The van der Waals surface area contributed by atoms with E-state index in [0.29, 0.717) is 19.4 Å². The second-order valence-corrected chi connectivity index (χ2v) is 28.1. The second-order valence-electron chi connectivity index (χ2n) is 28.1. The van der Waals surface area contributed by atoms with Gasteiger partial charge in [0.15, 0.2) is 6.29 Å². The monoisotopic (exact) mass is 1300 g/mol. The van der Waals surface area contributed by atoms with Gasteiger partial charge in [-0.1, -0.05) is 365 Å². The lowest BCUT2D eigenvalue weighted by molar-refractivity contribution is -0.302. The maximum atomic E-state index is 13.0. The SMILES string of the molecule is CCCCCC/C=C\C/C=C\CCCCCCCCCC(=O)OCCCCCCCCCCCCCCCCCCCCCCCCCCCCCCCCCCCCCCCC(=O)NC(COC1OC(CO)C(O)C(O)C1O)C(O)/C=C/CCCCCCCCC. The van der Waals surface area contributed by atoms with Crippen LogP contribution in [0.1, 0.15) is 406 Å². The number of aliphatic hydroxyl groups excluding tert-OH is 5. The number of carbonyl (C=O) groups is 2. The van der Waals surface area contributed by atoms with E-state index < -0.39 is 49.5 Å². The van der Waals surface area contributed by atoms with Crippen LogP contribution in [0.5, 0.6) is 0 Å². The number of amides is 1. The predicted molar refractivity (Wildman–Crippen MR) is 389 cm³/mol. The summed E-state index contributed by atoms with van der Waals surface area (Å²) in [6.45, 7) is 4.34. The summed E-state index contributed by atoms with van der Waals surface area (Å²) in [6.07, 6.45) is 82.0. The van der Waals surface area contributed by atoms with Gasteiger partial charge in [0.25, 0.3) is 0 Å². The molecule has 0 aliphatic carbocycles. The molecule has 0 saturated carbocycles. The number of hydrogen-bond donors (Lipinski definition) is 6. The molecular weight excluding hydrogens is 1150 g/mol. The minimum atomic E-state index is -1.57. The highest BCUT2D eigenvalue weighted by molar-refractivity contribution is 5.76. The molecule has 6 N–H and O–H groups in total. The summed E-state index contributed by atoms with van der Waals surface area (Å²) < 4.78 is 16.7. The summed E-state index contributed by atoms with van der Waals surface area (Å²) in [5.74, 6) is -0.166. The van der Waals surface area contributed by atoms with Gasteiger partial charge in [-0.05, 0) is 64.2 Å². The Kier molecular flexibility index (Phi) is 67.1. The fourth-order valence-corrected chi connectivity index (χ4v) is 12.9. The third-order valence-electron chi connectivity index (χ3n) is 19.2. The topological polar surface area (TPSA) is 175 Å². The van der Waals surface area contributed by atoms with E-state index in [1.807, 2.05) is 6.08 Å². The predicted octanol–water partition coefficient (Wildman–Crippen LogP) is 21.7. The smallest absolute Gasteiger partial charge is 0.305 e. The molecular formula is C81H153NO10. The molecule has 7 atom stereocenters. The van der Waals surface area contributed by atoms with Crippen molar-refractivity contribution in [3.8, 4) is 0 Å². The first-order valence-electron chi connectivity index (χ1n) is 40.3. The van der Waals surface area contributed by atoms with E-state index >= 15 is 0 Å². The molecule has 1 aliphatic rings. The Labute approximate surface area is 568 Å². The van der Waals surface area contributed by atoms with Gasteiger partial charge in [0.2, 0.25) is 5.91 Å². The third-order valence-corrected chi connectivity index (χ3v) is 19.2. The van der Waals surface area contributed by atoms with E-state index in [1.165, 1.54) is 315 Å². The van der Waals surface area contributed by atoms with Gasteiger partial charge in [0.1, 0.15) is 24.4 Å². The molecule has 1 fully saturated rings. The Morgan fingerprint density at radius 1 is 0.402 bits per heavy atom. The average molecular weight is 1300 g/mol. The maximum absolute atomic E-state index is 13.0. The summed E-state index contributed by atoms with van der Waals surface area (Å²) in [4.78, 5) is 25.2. The first-order valence-corrected chi connectivity index (χ1v) is 40.3. The fraction of sp³-hybridized carbons (Fsp3) is 0.901. The van der Waals surface area contributed by atoms with Crippen LogP contribution in [0.3, 0.4) is 0 Å². The number of unbranched alkanes of at least 4 members (excludes halogenated alkanes) is 54. The highest BCUT2D eigenvalue weighted by Crippen LogP contribution is 2.24. The van der Waals surface area contributed by atoms with Crippen LogP contribution < -0.4 is 5.32 Å². The van der Waals surface area contributed by atoms with Crippen molar-refractivity contribution in [3.63, 3.8) is 0 Å². The summed E-state index contributed by atoms with van der Waals surface area (Å²) in [6, 6.07) is -0.804. The summed E-state index contributed by atoms with van der Waals surface area (Å²) in [7, 11) is 0. The molecule has 0 bridgehead atoms. The van der Waals surface area contributed by atoms with Crippen LogP contribution in [0.25, 0.3) is 0 Å². The molecule has 0 aromatic heterocycles. The van der Waals surface area contributed by atoms with Crippen LogP contribution in [-0.4, -0.2) is 100 Å². The van der Waals surface area contributed by atoms with Crippen LogP contribution >= 0.6 is 0 Å². The Hall–Kier alpha value is -2.12. The quantitative estimate of drug-likeness (QED) is 0.0195. The number of aliphatic hydroxyl groups is 5. The van der Waals surface area contributed by atoms with Crippen molar-refractivity contribution in [2.75, 3.05) is 19.8 Å². The first kappa shape index (κ1) is 87.9. The van der Waals surface area contributed by atoms with Gasteiger partial charge in [0, 0.05) is 12.8 Å². The molecule has 1 aliphatic heterocycles. The number of ether oxygens (including phenoxy) is 3. The van der Waals surface area contributed by atoms with Gasteiger partial charge >= 0.3 is 5.97 Å². The molecule has 0 aromatic rings. The number of rotatable bonds is 72. The molecule has 0 aromatic carbocycles. The molecule has 7 unspecified atom stereocenters. The maximum Gasteiger partial charge on any atom is 0.305 e. The fourth-order valence-electron chi connectivity index (χ4n) is 12.9. The van der Waals surface area contributed by atoms with Crippen molar-refractivity contribution in [1.82, 2.24) is 5.32 Å². The molecule has 1 rings (SSSR count). The minimum Gasteiger partial charge on any atom is -0.466 e. The lowest BCUT2D eigenvalue weighted by Crippen LogP contribution is -2.60. The summed E-state index contributed by atoms with van der Waals surface area (Å²) in [5, 5.41) is 54.4. The molecule has 0 spiro atoms. The average Bonchev–Trinajstić information content (AvgIpc) is 1.07. The van der Waals surface area contributed by atoms with Crippen LogP contribution in [-0.2, 0) is 23.8 Å². The van der Waals surface area contributed by atoms with E-state index in [9.17, 15) is 35.1 Å². The van der Waals surface area contributed by atoms with Crippen molar-refractivity contribution < 1.29 is 49.3 Å². The van der Waals surface area contributed by atoms with Crippen LogP contribution in [0, 0.1) is 0 Å². The number of esters is 1. The highest BCUT2D eigenvalue weighted by atomic mass is 16.7. The van der Waals surface area contributed by atoms with Gasteiger partial charge in [-0.25, -0.2) is 0 Å². The summed E-state index contributed by atoms with van der Waals surface area (Å²) in [5.41, 5.74) is 0. The minimum absolute atomic E-state index is 0.0104. The van der Waals surface area contributed by atoms with Crippen molar-refractivity contribution >= 4 is 11.9 Å². The Bertz CT molecular complexity index is 1620. The molecule has 1 heterocycles. The Morgan fingerprint density at radius 2 is 0.728 bits per heavy atom. The van der Waals surface area contributed by atoms with Gasteiger partial charge in [0.05, 0.1) is 32.0 Å². The molecule has 1 amide bonds. The van der Waals surface area contributed by atoms with Crippen LogP contribution in [0.15, 0.2) is 36.5 Å². The lowest BCUT2D eigenvalue weighted by atomic mass is 9.99. The van der Waals surface area contributed by atoms with E-state index in [4.69, 9.17) is 14.2 Å². The van der Waals surface area contributed by atoms with Gasteiger partial charge in [-0.3, -0.25) is 9.59 Å². The largest absolute Gasteiger partial charge is 0.466 e. The molecule has 0 radical (unpaired) electrons. The summed E-state index contributed by atoms with van der Waals surface area (Å²) >= 11 is 0. The Morgan fingerprint density at radius 3 is 1.11 bits per heavy atom. The zero-order valence-electron chi connectivity index (χ0n) is 60.5. The Balaban J connectivity index is 1.83. The van der Waals surface area contributed by atoms with E-state index in [-0.39, 0.29) is 18.5 Å². The molecule has 1 saturated heterocycles. The van der Waals surface area contributed by atoms with Crippen LogP contribution in [0.2, 0.25) is 0 Å². The van der Waals surface area contributed by atoms with Crippen molar-refractivity contribution in [2.45, 2.75) is 448 Å². The van der Waals surface area contributed by atoms with Crippen LogP contribution in [0.4, 0.5) is 0 Å². The normalized spacial score (nSPS) is 17.7. The molecule has 11 heteroatoms. The molecule has 542 valence electrons. The van der Waals surface area contributed by atoms with E-state index in [0.717, 1.165) is 64.2 Å². The second kappa shape index (κ2) is 70.2. The standard InChI is InChI=1S/C81H153NO10/c1-3-5-7-9-11-13-14-15-16-17-40-43-46-49-53-57-61-65-69-77(86)90-70-66-62-58-54-50-47-44-41-38-36-34-32-30-28-26-24-22-20-18-19-21-23-25-27-29-31-33-35-37-39-42-45-48-52-56-60-64-68-76(85)82-73(74(84)67-63-59-55-51-12-10-8-6-4-2)72-91-81-80(89)79(88)78(87)75(71-83)92-81/h13-14,16-17,63,67,73-75,78-81,83-84,87-89H,3-12,15,18-62,64-66,68-72H2,1-2H3,(H,82,85)/b14-13-,17-16-,67-63+. The number of nitrogens with one attached hydrogen (secondary N) is 1. The van der Waals surface area contributed by atoms with Crippen molar-refractivity contribution in [1.29, 1.82) is 0 Å². The van der Waals surface area contributed by atoms with E-state index in [1.54, 1.807) is 6.08 Å². The first-order chi connectivity index (χ1) is 45.2. The van der Waals surface area contributed by atoms with E-state index in [2.05, 4.69) is 43.5 Å². The molecule has 92 heavy (non-hydrogen) atoms. The van der Waals surface area contributed by atoms with Crippen molar-refractivity contribution in [3.05, 3.63) is 36.5 Å². The number of hydrogen-bond acceptors (Lipinski definition) is 10.